The highest BCUT2D eigenvalue weighted by Gasteiger charge is 2.16. The number of unbranched alkanes of at least 4 members (excludes halogenated alkanes) is 2. The Morgan fingerprint density at radius 3 is 2.52 bits per heavy atom. The van der Waals surface area contributed by atoms with Crippen LogP contribution in [-0.4, -0.2) is 65.2 Å². The van der Waals surface area contributed by atoms with Gasteiger partial charge in [0.1, 0.15) is 5.82 Å². The first-order valence-electron chi connectivity index (χ1n) is 9.67. The molecule has 1 amide bonds. The summed E-state index contributed by atoms with van der Waals surface area (Å²) in [6.07, 6.45) is 3.36. The van der Waals surface area contributed by atoms with Crippen LogP contribution < -0.4 is 14.8 Å². The van der Waals surface area contributed by atoms with E-state index >= 15 is 0 Å². The number of aromatic nitrogens is 4. The van der Waals surface area contributed by atoms with E-state index in [9.17, 15) is 4.79 Å². The maximum absolute atomic E-state index is 11.6. The molecule has 0 radical (unpaired) electrons. The Morgan fingerprint density at radius 1 is 1.10 bits per heavy atom. The van der Waals surface area contributed by atoms with Gasteiger partial charge in [-0.15, -0.1) is 10.2 Å². The van der Waals surface area contributed by atoms with Gasteiger partial charge in [-0.25, -0.2) is 4.98 Å². The minimum Gasteiger partial charge on any atom is -0.493 e. The Labute approximate surface area is 170 Å². The predicted molar refractivity (Wildman–Crippen MR) is 112 cm³/mol. The van der Waals surface area contributed by atoms with Crippen LogP contribution in [0, 0.1) is 6.92 Å². The number of fused-ring (bicyclic) bond motifs is 3. The molecule has 2 heterocycles. The van der Waals surface area contributed by atoms with Crippen molar-refractivity contribution in [1.82, 2.24) is 24.5 Å². The molecule has 0 atom stereocenters. The highest BCUT2D eigenvalue weighted by Crippen LogP contribution is 2.33. The molecule has 2 aromatic heterocycles. The van der Waals surface area contributed by atoms with Crippen LogP contribution in [0.3, 0.4) is 0 Å². The summed E-state index contributed by atoms with van der Waals surface area (Å²) in [5, 5.41) is 11.9. The van der Waals surface area contributed by atoms with E-state index in [0.717, 1.165) is 42.7 Å². The van der Waals surface area contributed by atoms with Gasteiger partial charge in [-0.2, -0.15) is 0 Å². The van der Waals surface area contributed by atoms with Gasteiger partial charge in [0.2, 0.25) is 11.6 Å². The van der Waals surface area contributed by atoms with E-state index in [1.165, 1.54) is 0 Å². The minimum atomic E-state index is 0.166. The summed E-state index contributed by atoms with van der Waals surface area (Å²) in [5.41, 5.74) is 2.29. The van der Waals surface area contributed by atoms with Crippen molar-refractivity contribution < 1.29 is 14.3 Å². The number of aryl methyl sites for hydroxylation is 1. The molecule has 0 spiro atoms. The van der Waals surface area contributed by atoms with Crippen molar-refractivity contribution >= 4 is 28.4 Å². The second-order valence-corrected chi connectivity index (χ2v) is 7.09. The second-order valence-electron chi connectivity index (χ2n) is 7.09. The van der Waals surface area contributed by atoms with Crippen LogP contribution in [0.25, 0.3) is 16.7 Å². The van der Waals surface area contributed by atoms with Crippen molar-refractivity contribution in [2.45, 2.75) is 32.6 Å². The quantitative estimate of drug-likeness (QED) is 0.552. The lowest BCUT2D eigenvalue weighted by Gasteiger charge is -2.13. The number of nitrogens with one attached hydrogen (secondary N) is 1. The SMILES string of the molecule is COc1cc2nc(NCCCCCC(=O)N(C)C)c3nnc(C)n3c2cc1OC. The molecule has 0 aliphatic rings. The van der Waals surface area contributed by atoms with Crippen LogP contribution in [0.4, 0.5) is 5.82 Å². The highest BCUT2D eigenvalue weighted by atomic mass is 16.5. The first kappa shape index (κ1) is 20.6. The number of carbonyl (C=O) groups is 1. The zero-order chi connectivity index (χ0) is 21.0. The maximum atomic E-state index is 11.6. The molecule has 3 rings (SSSR count). The molecule has 0 aliphatic heterocycles. The van der Waals surface area contributed by atoms with E-state index < -0.39 is 0 Å². The van der Waals surface area contributed by atoms with Crippen molar-refractivity contribution in [2.75, 3.05) is 40.2 Å². The number of benzene rings is 1. The zero-order valence-electron chi connectivity index (χ0n) is 17.7. The molecule has 156 valence electrons. The summed E-state index contributed by atoms with van der Waals surface area (Å²) in [6.45, 7) is 2.64. The van der Waals surface area contributed by atoms with Gasteiger partial charge in [-0.1, -0.05) is 6.42 Å². The Balaban J connectivity index is 1.78. The Morgan fingerprint density at radius 2 is 1.83 bits per heavy atom. The lowest BCUT2D eigenvalue weighted by molar-refractivity contribution is -0.128. The normalized spacial score (nSPS) is 11.1. The van der Waals surface area contributed by atoms with Crippen LogP contribution >= 0.6 is 0 Å². The van der Waals surface area contributed by atoms with Gasteiger partial charge in [0.25, 0.3) is 0 Å². The van der Waals surface area contributed by atoms with Gasteiger partial charge in [-0.3, -0.25) is 9.20 Å². The van der Waals surface area contributed by atoms with Gasteiger partial charge in [0.15, 0.2) is 17.3 Å². The van der Waals surface area contributed by atoms with Crippen LogP contribution in [0.1, 0.15) is 31.5 Å². The van der Waals surface area contributed by atoms with Gasteiger partial charge in [-0.05, 0) is 19.8 Å². The molecule has 0 aliphatic carbocycles. The summed E-state index contributed by atoms with van der Waals surface area (Å²) in [4.78, 5) is 18.0. The van der Waals surface area contributed by atoms with Gasteiger partial charge >= 0.3 is 0 Å². The minimum absolute atomic E-state index is 0.166. The topological polar surface area (TPSA) is 93.9 Å². The van der Waals surface area contributed by atoms with Gasteiger partial charge < -0.3 is 19.7 Å². The van der Waals surface area contributed by atoms with Crippen LogP contribution in [0.15, 0.2) is 12.1 Å². The number of ether oxygens (including phenoxy) is 2. The molecule has 0 fully saturated rings. The van der Waals surface area contributed by atoms with Gasteiger partial charge in [0.05, 0.1) is 25.3 Å². The number of rotatable bonds is 9. The monoisotopic (exact) mass is 400 g/mol. The molecular formula is C20H28N6O3. The average Bonchev–Trinajstić information content (AvgIpc) is 3.11. The largest absolute Gasteiger partial charge is 0.493 e. The third kappa shape index (κ3) is 4.33. The predicted octanol–water partition coefficient (Wildman–Crippen LogP) is 2.66. The lowest BCUT2D eigenvalue weighted by atomic mass is 10.2. The molecular weight excluding hydrogens is 372 g/mol. The van der Waals surface area contributed by atoms with Crippen LogP contribution in [0.2, 0.25) is 0 Å². The van der Waals surface area contributed by atoms with Crippen LogP contribution in [-0.2, 0) is 4.79 Å². The number of nitrogens with zero attached hydrogens (tertiary/aromatic N) is 5. The molecule has 3 aromatic rings. The van der Waals surface area contributed by atoms with E-state index in [-0.39, 0.29) is 5.91 Å². The fraction of sp³-hybridized carbons (Fsp3) is 0.500. The number of amides is 1. The number of methoxy groups -OCH3 is 2. The molecule has 0 saturated heterocycles. The Kier molecular flexibility index (Phi) is 6.36. The number of hydrogen-bond acceptors (Lipinski definition) is 7. The van der Waals surface area contributed by atoms with Crippen molar-refractivity contribution in [2.24, 2.45) is 0 Å². The zero-order valence-corrected chi connectivity index (χ0v) is 17.7. The fourth-order valence-electron chi connectivity index (χ4n) is 3.23. The van der Waals surface area contributed by atoms with Crippen molar-refractivity contribution in [1.29, 1.82) is 0 Å². The Bertz CT molecular complexity index is 1010. The third-order valence-corrected chi connectivity index (χ3v) is 4.85. The molecule has 9 nitrogen and oxygen atoms in total. The molecule has 9 heteroatoms. The van der Waals surface area contributed by atoms with E-state index in [1.54, 1.807) is 33.2 Å². The van der Waals surface area contributed by atoms with Crippen molar-refractivity contribution in [3.05, 3.63) is 18.0 Å². The van der Waals surface area contributed by atoms with Crippen molar-refractivity contribution in [3.63, 3.8) is 0 Å². The summed E-state index contributed by atoms with van der Waals surface area (Å²) in [5.74, 6) is 2.86. The highest BCUT2D eigenvalue weighted by molar-refractivity contribution is 5.85. The summed E-state index contributed by atoms with van der Waals surface area (Å²) >= 11 is 0. The number of carbonyl (C=O) groups excluding carboxylic acids is 1. The molecule has 1 N–H and O–H groups in total. The fourth-order valence-corrected chi connectivity index (χ4v) is 3.23. The third-order valence-electron chi connectivity index (χ3n) is 4.85. The van der Waals surface area contributed by atoms with E-state index in [2.05, 4.69) is 15.5 Å². The maximum Gasteiger partial charge on any atom is 0.222 e. The summed E-state index contributed by atoms with van der Waals surface area (Å²) < 4.78 is 12.8. The standard InChI is InChI=1S/C20H28N6O3/c1-13-23-24-20-19(21-10-8-6-7-9-18(27)25(2)3)22-14-11-16(28-4)17(29-5)12-15(14)26(13)20/h11-12H,6-10H2,1-5H3,(H,21,22). The van der Waals surface area contributed by atoms with Gasteiger partial charge in [0, 0.05) is 39.2 Å². The molecule has 0 saturated carbocycles. The second kappa shape index (κ2) is 8.93. The lowest BCUT2D eigenvalue weighted by Crippen LogP contribution is -2.21. The van der Waals surface area contributed by atoms with Crippen molar-refractivity contribution in [3.8, 4) is 11.5 Å². The summed E-state index contributed by atoms with van der Waals surface area (Å²) in [7, 11) is 6.78. The first-order chi connectivity index (χ1) is 14.0. The van der Waals surface area contributed by atoms with E-state index in [0.29, 0.717) is 29.4 Å². The van der Waals surface area contributed by atoms with E-state index in [1.807, 2.05) is 23.5 Å². The summed E-state index contributed by atoms with van der Waals surface area (Å²) in [6, 6.07) is 3.74. The molecule has 29 heavy (non-hydrogen) atoms. The molecule has 0 bridgehead atoms. The molecule has 1 aromatic carbocycles. The first-order valence-corrected chi connectivity index (χ1v) is 9.67. The molecule has 0 unspecified atom stereocenters. The van der Waals surface area contributed by atoms with Crippen LogP contribution in [0.5, 0.6) is 11.5 Å². The smallest absolute Gasteiger partial charge is 0.222 e. The number of anilines is 1. The van der Waals surface area contributed by atoms with E-state index in [4.69, 9.17) is 14.5 Å². The average molecular weight is 400 g/mol. The Hall–Kier alpha value is -3.10. The number of hydrogen-bond donors (Lipinski definition) is 1.